The van der Waals surface area contributed by atoms with Gasteiger partial charge in [0.05, 0.1) is 22.1 Å². The lowest BCUT2D eigenvalue weighted by molar-refractivity contribution is -0.115. The molecule has 1 amide bonds. The minimum atomic E-state index is -0.207. The lowest BCUT2D eigenvalue weighted by Crippen LogP contribution is -2.32. The van der Waals surface area contributed by atoms with Crippen LogP contribution in [0.15, 0.2) is 45.4 Å². The minimum absolute atomic E-state index is 0.0652. The highest BCUT2D eigenvalue weighted by molar-refractivity contribution is 8.18. The van der Waals surface area contributed by atoms with Crippen LogP contribution < -0.4 is 14.8 Å². The second-order valence-corrected chi connectivity index (χ2v) is 12.9. The zero-order chi connectivity index (χ0) is 27.2. The van der Waals surface area contributed by atoms with E-state index in [0.29, 0.717) is 42.6 Å². The number of methoxy groups -OCH3 is 1. The Labute approximate surface area is 241 Å². The summed E-state index contributed by atoms with van der Waals surface area (Å²) in [4.78, 5) is 13.2. The van der Waals surface area contributed by atoms with Crippen molar-refractivity contribution >= 4 is 69.4 Å². The molecule has 1 heterocycles. The van der Waals surface area contributed by atoms with Crippen molar-refractivity contribution in [2.45, 2.75) is 46.6 Å². The second kappa shape index (κ2) is 10.4. The van der Waals surface area contributed by atoms with Crippen LogP contribution >= 0.6 is 46.6 Å². The summed E-state index contributed by atoms with van der Waals surface area (Å²) in [7, 11) is 1.58. The maximum Gasteiger partial charge on any atom is 0.264 e. The van der Waals surface area contributed by atoms with Gasteiger partial charge in [0.25, 0.3) is 5.91 Å². The number of hydrogen-bond donors (Lipinski definition) is 1. The molecule has 10 heteroatoms. The van der Waals surface area contributed by atoms with E-state index in [4.69, 9.17) is 44.3 Å². The molecule has 38 heavy (non-hydrogen) atoms. The van der Waals surface area contributed by atoms with Crippen molar-refractivity contribution in [3.8, 4) is 11.5 Å². The Kier molecular flexibility index (Phi) is 7.50. The first kappa shape index (κ1) is 27.4. The predicted molar refractivity (Wildman–Crippen MR) is 157 cm³/mol. The molecule has 1 N–H and O–H groups in total. The molecule has 1 aliphatic heterocycles. The number of nitrogens with one attached hydrogen (secondary N) is 1. The fraction of sp³-hybridized carbons (Fsp3) is 0.393. The van der Waals surface area contributed by atoms with Gasteiger partial charge in [-0.05, 0) is 78.3 Å². The van der Waals surface area contributed by atoms with E-state index >= 15 is 0 Å². The summed E-state index contributed by atoms with van der Waals surface area (Å²) in [6.45, 7) is 7.12. The van der Waals surface area contributed by atoms with Crippen LogP contribution in [0.5, 0.6) is 11.5 Å². The van der Waals surface area contributed by atoms with Crippen molar-refractivity contribution in [3.05, 3.63) is 61.4 Å². The normalized spacial score (nSPS) is 27.0. The average Bonchev–Trinajstić information content (AvgIpc) is 3.38. The van der Waals surface area contributed by atoms with E-state index in [-0.39, 0.29) is 23.3 Å². The van der Waals surface area contributed by atoms with E-state index in [1.54, 1.807) is 19.2 Å². The fourth-order valence-electron chi connectivity index (χ4n) is 5.63. The van der Waals surface area contributed by atoms with Crippen LogP contribution in [0.2, 0.25) is 15.1 Å². The highest BCUT2D eigenvalue weighted by atomic mass is 35.5. The van der Waals surface area contributed by atoms with Gasteiger partial charge in [-0.2, -0.15) is 5.10 Å². The van der Waals surface area contributed by atoms with Gasteiger partial charge in [0.15, 0.2) is 10.9 Å². The number of hydrogen-bond acceptors (Lipinski definition) is 6. The van der Waals surface area contributed by atoms with Gasteiger partial charge in [-0.3, -0.25) is 10.1 Å². The molecule has 0 aromatic heterocycles. The summed E-state index contributed by atoms with van der Waals surface area (Å²) in [5, 5.41) is 13.4. The molecule has 2 aromatic rings. The number of amidine groups is 1. The maximum atomic E-state index is 12.7. The fourth-order valence-corrected chi connectivity index (χ4v) is 7.33. The summed E-state index contributed by atoms with van der Waals surface area (Å²) >= 11 is 19.8. The first-order valence-corrected chi connectivity index (χ1v) is 14.3. The zero-order valence-electron chi connectivity index (χ0n) is 21.5. The third-order valence-electron chi connectivity index (χ3n) is 8.36. The summed E-state index contributed by atoms with van der Waals surface area (Å²) < 4.78 is 11.4. The van der Waals surface area contributed by atoms with Crippen molar-refractivity contribution < 1.29 is 14.3 Å². The Morgan fingerprint density at radius 2 is 1.87 bits per heavy atom. The summed E-state index contributed by atoms with van der Waals surface area (Å²) in [5.41, 5.74) is 3.00. The minimum Gasteiger partial charge on any atom is -0.496 e. The van der Waals surface area contributed by atoms with Gasteiger partial charge >= 0.3 is 0 Å². The van der Waals surface area contributed by atoms with Crippen LogP contribution in [0.4, 0.5) is 0 Å². The summed E-state index contributed by atoms with van der Waals surface area (Å²) in [5.74, 6) is 1.41. The average molecular weight is 593 g/mol. The summed E-state index contributed by atoms with van der Waals surface area (Å²) in [6.07, 6.45) is 5.17. The third kappa shape index (κ3) is 4.94. The van der Waals surface area contributed by atoms with Crippen LogP contribution in [0, 0.1) is 16.7 Å². The highest BCUT2D eigenvalue weighted by Crippen LogP contribution is 2.64. The Bertz CT molecular complexity index is 1380. The molecule has 5 rings (SSSR count). The number of amides is 1. The largest absolute Gasteiger partial charge is 0.496 e. The van der Waals surface area contributed by atoms with Gasteiger partial charge in [0, 0.05) is 21.7 Å². The van der Waals surface area contributed by atoms with Gasteiger partial charge in [-0.15, -0.1) is 5.10 Å². The van der Waals surface area contributed by atoms with E-state index < -0.39 is 0 Å². The van der Waals surface area contributed by atoms with Gasteiger partial charge in [-0.25, -0.2) is 0 Å². The number of fused-ring (bicyclic) bond motifs is 2. The van der Waals surface area contributed by atoms with Crippen molar-refractivity contribution in [2.24, 2.45) is 27.0 Å². The van der Waals surface area contributed by atoms with E-state index in [2.05, 4.69) is 36.3 Å². The van der Waals surface area contributed by atoms with Crippen LogP contribution in [0.3, 0.4) is 0 Å². The lowest BCUT2D eigenvalue weighted by atomic mass is 9.70. The molecule has 2 saturated carbocycles. The molecule has 6 nitrogen and oxygen atoms in total. The topological polar surface area (TPSA) is 72.3 Å². The maximum absolute atomic E-state index is 12.7. The number of thioether (sulfide) groups is 1. The first-order chi connectivity index (χ1) is 18.0. The Morgan fingerprint density at radius 3 is 2.50 bits per heavy atom. The molecule has 2 unspecified atom stereocenters. The van der Waals surface area contributed by atoms with Crippen LogP contribution in [-0.2, 0) is 11.4 Å². The Balaban J connectivity index is 1.33. The SMILES string of the molecule is COc1ccc(/C=C2\S/C(=N/N=C3/CC4CCC3(C)C4(C)C)NC2=O)cc1COc1c(Cl)cc(Cl)cc1Cl. The van der Waals surface area contributed by atoms with Crippen molar-refractivity contribution in [2.75, 3.05) is 7.11 Å². The molecule has 3 aliphatic rings. The van der Waals surface area contributed by atoms with Crippen LogP contribution in [0.25, 0.3) is 6.08 Å². The number of nitrogens with zero attached hydrogens (tertiary/aromatic N) is 2. The Hall–Kier alpha value is -2.19. The van der Waals surface area contributed by atoms with Crippen molar-refractivity contribution in [1.29, 1.82) is 0 Å². The van der Waals surface area contributed by atoms with Gasteiger partial charge < -0.3 is 9.47 Å². The number of carbonyl (C=O) groups excluding carboxylic acids is 1. The molecule has 0 spiro atoms. The number of rotatable bonds is 6. The van der Waals surface area contributed by atoms with Crippen molar-refractivity contribution in [3.63, 3.8) is 0 Å². The standard InChI is InChI=1S/C28H28Cl3N3O3S/c1-27(2)17-7-8-28(27,3)23(11-17)33-34-26-32-25(35)22(38-26)10-15-5-6-21(36-4)16(9-15)14-37-24-19(30)12-18(29)13-20(24)31/h5-6,9-10,12-13,17H,7-8,11,14H2,1-4H3,(H,32,34,35)/b22-10-,33-23-. The second-order valence-electron chi connectivity index (χ2n) is 10.6. The van der Waals surface area contributed by atoms with Crippen LogP contribution in [-0.4, -0.2) is 23.9 Å². The number of halogens is 3. The lowest BCUT2D eigenvalue weighted by Gasteiger charge is -2.34. The van der Waals surface area contributed by atoms with E-state index in [1.807, 2.05) is 24.3 Å². The van der Waals surface area contributed by atoms with Gasteiger partial charge in [0.1, 0.15) is 12.4 Å². The highest BCUT2D eigenvalue weighted by Gasteiger charge is 2.60. The molecule has 1 saturated heterocycles. The molecular weight excluding hydrogens is 565 g/mol. The molecule has 3 fully saturated rings. The molecule has 2 bridgehead atoms. The molecular formula is C28H28Cl3N3O3S. The zero-order valence-corrected chi connectivity index (χ0v) is 24.6. The number of ether oxygens (including phenoxy) is 2. The first-order valence-electron chi connectivity index (χ1n) is 12.3. The smallest absolute Gasteiger partial charge is 0.264 e. The monoisotopic (exact) mass is 591 g/mol. The third-order valence-corrected chi connectivity index (χ3v) is 10.0. The molecule has 200 valence electrons. The quantitative estimate of drug-likeness (QED) is 0.272. The van der Waals surface area contributed by atoms with E-state index in [1.165, 1.54) is 18.2 Å². The Morgan fingerprint density at radius 1 is 1.13 bits per heavy atom. The van der Waals surface area contributed by atoms with E-state index in [9.17, 15) is 4.79 Å². The number of benzene rings is 2. The summed E-state index contributed by atoms with van der Waals surface area (Å²) in [6, 6.07) is 8.73. The van der Waals surface area contributed by atoms with Crippen LogP contribution in [0.1, 0.15) is 51.2 Å². The number of carbonyl (C=O) groups is 1. The molecule has 2 aromatic carbocycles. The molecule has 2 atom stereocenters. The predicted octanol–water partition coefficient (Wildman–Crippen LogP) is 8.00. The molecule has 2 aliphatic carbocycles. The van der Waals surface area contributed by atoms with Gasteiger partial charge in [-0.1, -0.05) is 61.6 Å². The molecule has 0 radical (unpaired) electrons. The van der Waals surface area contributed by atoms with Crippen molar-refractivity contribution in [1.82, 2.24) is 5.32 Å². The van der Waals surface area contributed by atoms with Gasteiger partial charge in [0.2, 0.25) is 0 Å². The van der Waals surface area contributed by atoms with E-state index in [0.717, 1.165) is 29.7 Å².